The summed E-state index contributed by atoms with van der Waals surface area (Å²) in [5.74, 6) is 0.0930. The number of rotatable bonds is 5. The maximum absolute atomic E-state index is 11.5. The third-order valence-electron chi connectivity index (χ3n) is 3.67. The molecular formula is C16H24N2O. The van der Waals surface area contributed by atoms with Crippen molar-refractivity contribution in [2.45, 2.75) is 51.5 Å². The monoisotopic (exact) mass is 260 g/mol. The lowest BCUT2D eigenvalue weighted by atomic mass is 9.95. The number of likely N-dealkylation sites (N-methyl/N-ethyl adjacent to an activating group) is 1. The van der Waals surface area contributed by atoms with Crippen molar-refractivity contribution in [3.05, 3.63) is 29.8 Å². The predicted octanol–water partition coefficient (Wildman–Crippen LogP) is 3.11. The SMILES string of the molecule is CCNC(=O)Cc1ccc(NC2CCCCC2)cc1. The quantitative estimate of drug-likeness (QED) is 0.854. The van der Waals surface area contributed by atoms with Gasteiger partial charge in [0.15, 0.2) is 0 Å². The van der Waals surface area contributed by atoms with Gasteiger partial charge in [0, 0.05) is 18.3 Å². The molecule has 3 heteroatoms. The van der Waals surface area contributed by atoms with Crippen LogP contribution in [-0.4, -0.2) is 18.5 Å². The third-order valence-corrected chi connectivity index (χ3v) is 3.67. The zero-order valence-corrected chi connectivity index (χ0v) is 11.7. The average molecular weight is 260 g/mol. The second kappa shape index (κ2) is 7.17. The van der Waals surface area contributed by atoms with Crippen LogP contribution in [0.2, 0.25) is 0 Å². The summed E-state index contributed by atoms with van der Waals surface area (Å²) in [5.41, 5.74) is 2.24. The van der Waals surface area contributed by atoms with Crippen LogP contribution in [0.25, 0.3) is 0 Å². The van der Waals surface area contributed by atoms with Gasteiger partial charge in [-0.3, -0.25) is 4.79 Å². The largest absolute Gasteiger partial charge is 0.382 e. The van der Waals surface area contributed by atoms with E-state index in [1.165, 1.54) is 37.8 Å². The molecule has 0 unspecified atom stereocenters. The molecule has 2 rings (SSSR count). The summed E-state index contributed by atoms with van der Waals surface area (Å²) < 4.78 is 0. The van der Waals surface area contributed by atoms with Crippen molar-refractivity contribution in [2.24, 2.45) is 0 Å². The second-order valence-electron chi connectivity index (χ2n) is 5.31. The van der Waals surface area contributed by atoms with E-state index >= 15 is 0 Å². The van der Waals surface area contributed by atoms with Gasteiger partial charge in [-0.05, 0) is 37.5 Å². The standard InChI is InChI=1S/C16H24N2O/c1-2-17-16(19)12-13-8-10-15(11-9-13)18-14-6-4-3-5-7-14/h8-11,14,18H,2-7,12H2,1H3,(H,17,19). The predicted molar refractivity (Wildman–Crippen MR) is 79.3 cm³/mol. The van der Waals surface area contributed by atoms with E-state index < -0.39 is 0 Å². The molecular weight excluding hydrogens is 236 g/mol. The summed E-state index contributed by atoms with van der Waals surface area (Å²) in [4.78, 5) is 11.5. The topological polar surface area (TPSA) is 41.1 Å². The lowest BCUT2D eigenvalue weighted by Crippen LogP contribution is -2.24. The van der Waals surface area contributed by atoms with Crippen LogP contribution in [0.3, 0.4) is 0 Å². The molecule has 0 saturated heterocycles. The van der Waals surface area contributed by atoms with E-state index in [9.17, 15) is 4.79 Å². The molecule has 0 heterocycles. The number of anilines is 1. The lowest BCUT2D eigenvalue weighted by molar-refractivity contribution is -0.120. The van der Waals surface area contributed by atoms with Crippen LogP contribution in [0.5, 0.6) is 0 Å². The molecule has 2 N–H and O–H groups in total. The van der Waals surface area contributed by atoms with Gasteiger partial charge in [-0.1, -0.05) is 31.4 Å². The molecule has 1 amide bonds. The Morgan fingerprint density at radius 1 is 1.16 bits per heavy atom. The number of hydrogen-bond acceptors (Lipinski definition) is 2. The van der Waals surface area contributed by atoms with E-state index in [4.69, 9.17) is 0 Å². The van der Waals surface area contributed by atoms with Crippen molar-refractivity contribution in [2.75, 3.05) is 11.9 Å². The first-order valence-electron chi connectivity index (χ1n) is 7.40. The molecule has 0 aromatic heterocycles. The summed E-state index contributed by atoms with van der Waals surface area (Å²) in [7, 11) is 0. The number of carbonyl (C=O) groups excluding carboxylic acids is 1. The Morgan fingerprint density at radius 2 is 1.84 bits per heavy atom. The zero-order chi connectivity index (χ0) is 13.5. The Morgan fingerprint density at radius 3 is 2.47 bits per heavy atom. The van der Waals surface area contributed by atoms with Gasteiger partial charge in [0.1, 0.15) is 0 Å². The summed E-state index contributed by atoms with van der Waals surface area (Å²) in [6.45, 7) is 2.63. The van der Waals surface area contributed by atoms with E-state index in [-0.39, 0.29) is 5.91 Å². The van der Waals surface area contributed by atoms with Gasteiger partial charge in [-0.25, -0.2) is 0 Å². The molecule has 104 valence electrons. The highest BCUT2D eigenvalue weighted by atomic mass is 16.1. The van der Waals surface area contributed by atoms with Crippen molar-refractivity contribution in [3.63, 3.8) is 0 Å². The van der Waals surface area contributed by atoms with Crippen LogP contribution in [-0.2, 0) is 11.2 Å². The van der Waals surface area contributed by atoms with Gasteiger partial charge in [0.2, 0.25) is 5.91 Å². The van der Waals surface area contributed by atoms with Crippen molar-refractivity contribution >= 4 is 11.6 Å². The number of carbonyl (C=O) groups is 1. The first-order valence-corrected chi connectivity index (χ1v) is 7.40. The smallest absolute Gasteiger partial charge is 0.224 e. The molecule has 0 bridgehead atoms. The van der Waals surface area contributed by atoms with Gasteiger partial charge in [-0.2, -0.15) is 0 Å². The van der Waals surface area contributed by atoms with Crippen molar-refractivity contribution in [1.82, 2.24) is 5.32 Å². The molecule has 0 aliphatic heterocycles. The first-order chi connectivity index (χ1) is 9.28. The maximum Gasteiger partial charge on any atom is 0.224 e. The molecule has 1 saturated carbocycles. The third kappa shape index (κ3) is 4.58. The fourth-order valence-electron chi connectivity index (χ4n) is 2.65. The van der Waals surface area contributed by atoms with Crippen LogP contribution in [0.4, 0.5) is 5.69 Å². The van der Waals surface area contributed by atoms with Crippen LogP contribution < -0.4 is 10.6 Å². The molecule has 0 spiro atoms. The van der Waals surface area contributed by atoms with Crippen LogP contribution in [0, 0.1) is 0 Å². The number of amides is 1. The summed E-state index contributed by atoms with van der Waals surface area (Å²) >= 11 is 0. The second-order valence-corrected chi connectivity index (χ2v) is 5.31. The highest BCUT2D eigenvalue weighted by Gasteiger charge is 2.12. The fraction of sp³-hybridized carbons (Fsp3) is 0.562. The van der Waals surface area contributed by atoms with Gasteiger partial charge >= 0.3 is 0 Å². The number of hydrogen-bond donors (Lipinski definition) is 2. The van der Waals surface area contributed by atoms with Gasteiger partial charge in [-0.15, -0.1) is 0 Å². The van der Waals surface area contributed by atoms with Crippen molar-refractivity contribution in [1.29, 1.82) is 0 Å². The van der Waals surface area contributed by atoms with E-state index in [1.807, 2.05) is 19.1 Å². The number of benzene rings is 1. The normalized spacial score (nSPS) is 16.1. The Hall–Kier alpha value is -1.51. The molecule has 1 aliphatic carbocycles. The van der Waals surface area contributed by atoms with E-state index in [2.05, 4.69) is 22.8 Å². The lowest BCUT2D eigenvalue weighted by Gasteiger charge is -2.23. The Labute approximate surface area is 115 Å². The van der Waals surface area contributed by atoms with E-state index in [1.54, 1.807) is 0 Å². The van der Waals surface area contributed by atoms with Crippen LogP contribution >= 0.6 is 0 Å². The molecule has 1 aliphatic rings. The molecule has 1 fully saturated rings. The fourth-order valence-corrected chi connectivity index (χ4v) is 2.65. The highest BCUT2D eigenvalue weighted by Crippen LogP contribution is 2.21. The van der Waals surface area contributed by atoms with Gasteiger partial charge < -0.3 is 10.6 Å². The first kappa shape index (κ1) is 13.9. The molecule has 1 aromatic carbocycles. The van der Waals surface area contributed by atoms with Crippen molar-refractivity contribution in [3.8, 4) is 0 Å². The number of nitrogens with one attached hydrogen (secondary N) is 2. The van der Waals surface area contributed by atoms with E-state index in [0.29, 0.717) is 19.0 Å². The Bertz CT molecular complexity index is 394. The maximum atomic E-state index is 11.5. The minimum absolute atomic E-state index is 0.0930. The molecule has 3 nitrogen and oxygen atoms in total. The Balaban J connectivity index is 1.85. The zero-order valence-electron chi connectivity index (χ0n) is 11.7. The summed E-state index contributed by atoms with van der Waals surface area (Å²) in [5, 5.41) is 6.41. The molecule has 0 atom stereocenters. The average Bonchev–Trinajstić information content (AvgIpc) is 2.42. The molecule has 19 heavy (non-hydrogen) atoms. The van der Waals surface area contributed by atoms with Gasteiger partial charge in [0.25, 0.3) is 0 Å². The minimum Gasteiger partial charge on any atom is -0.382 e. The van der Waals surface area contributed by atoms with Gasteiger partial charge in [0.05, 0.1) is 6.42 Å². The highest BCUT2D eigenvalue weighted by molar-refractivity contribution is 5.78. The van der Waals surface area contributed by atoms with E-state index in [0.717, 1.165) is 5.56 Å². The summed E-state index contributed by atoms with van der Waals surface area (Å²) in [6.07, 6.45) is 7.09. The summed E-state index contributed by atoms with van der Waals surface area (Å²) in [6, 6.07) is 8.88. The Kier molecular flexibility index (Phi) is 5.25. The molecule has 1 aromatic rings. The van der Waals surface area contributed by atoms with Crippen LogP contribution in [0.1, 0.15) is 44.6 Å². The minimum atomic E-state index is 0.0930. The molecule has 0 radical (unpaired) electrons. The van der Waals surface area contributed by atoms with Crippen LogP contribution in [0.15, 0.2) is 24.3 Å². The van der Waals surface area contributed by atoms with Crippen molar-refractivity contribution < 1.29 is 4.79 Å².